The molecule has 0 radical (unpaired) electrons. The van der Waals surface area contributed by atoms with Crippen molar-refractivity contribution in [3.8, 4) is 12.3 Å². The van der Waals surface area contributed by atoms with Gasteiger partial charge in [-0.25, -0.2) is 0 Å². The van der Waals surface area contributed by atoms with Gasteiger partial charge in [-0.1, -0.05) is 18.1 Å². The van der Waals surface area contributed by atoms with E-state index < -0.39 is 0 Å². The van der Waals surface area contributed by atoms with Gasteiger partial charge in [-0.15, -0.1) is 6.42 Å². The molecule has 0 amide bonds. The predicted octanol–water partition coefficient (Wildman–Crippen LogP) is 2.04. The van der Waals surface area contributed by atoms with Crippen molar-refractivity contribution in [2.75, 3.05) is 7.11 Å². The van der Waals surface area contributed by atoms with Gasteiger partial charge >= 0.3 is 0 Å². The summed E-state index contributed by atoms with van der Waals surface area (Å²) in [6.07, 6.45) is 13.7. The quantitative estimate of drug-likeness (QED) is 0.514. The molecule has 0 aromatic heterocycles. The lowest BCUT2D eigenvalue weighted by atomic mass is 10.2. The molecule has 1 aliphatic carbocycles. The summed E-state index contributed by atoms with van der Waals surface area (Å²) >= 11 is 0. The maximum absolute atomic E-state index is 5.22. The van der Waals surface area contributed by atoms with E-state index in [1.54, 1.807) is 7.11 Å². The maximum atomic E-state index is 5.22. The molecule has 11 heavy (non-hydrogen) atoms. The monoisotopic (exact) mass is 146 g/mol. The third-order valence-corrected chi connectivity index (χ3v) is 1.49. The fourth-order valence-corrected chi connectivity index (χ4v) is 0.856. The Labute approximate surface area is 67.1 Å². The van der Waals surface area contributed by atoms with E-state index in [4.69, 9.17) is 11.2 Å². The number of methoxy groups -OCH3 is 1. The van der Waals surface area contributed by atoms with Crippen molar-refractivity contribution in [2.45, 2.75) is 6.42 Å². The highest BCUT2D eigenvalue weighted by Gasteiger charge is 1.95. The van der Waals surface area contributed by atoms with Gasteiger partial charge in [-0.3, -0.25) is 0 Å². The maximum Gasteiger partial charge on any atom is 0.0993 e. The van der Waals surface area contributed by atoms with Crippen molar-refractivity contribution < 1.29 is 4.74 Å². The Kier molecular flexibility index (Phi) is 2.57. The van der Waals surface area contributed by atoms with Gasteiger partial charge in [0, 0.05) is 12.0 Å². The van der Waals surface area contributed by atoms with Crippen molar-refractivity contribution in [3.63, 3.8) is 0 Å². The van der Waals surface area contributed by atoms with E-state index in [0.29, 0.717) is 0 Å². The van der Waals surface area contributed by atoms with E-state index in [9.17, 15) is 0 Å². The molecule has 0 bridgehead atoms. The Balaban J connectivity index is 2.83. The standard InChI is InChI=1S/C10H10O/c1-3-9-5-4-6-10(11-2)8-7-9/h1,4-5,7-8H,6H2,2H3. The van der Waals surface area contributed by atoms with Crippen LogP contribution in [-0.2, 0) is 4.74 Å². The van der Waals surface area contributed by atoms with Gasteiger partial charge in [-0.2, -0.15) is 0 Å². The molecular formula is C10H10O. The highest BCUT2D eigenvalue weighted by atomic mass is 16.5. The van der Waals surface area contributed by atoms with Crippen LogP contribution in [-0.4, -0.2) is 7.11 Å². The molecule has 0 heterocycles. The largest absolute Gasteiger partial charge is 0.501 e. The van der Waals surface area contributed by atoms with Gasteiger partial charge in [-0.05, 0) is 12.2 Å². The number of allylic oxidation sites excluding steroid dienone is 5. The van der Waals surface area contributed by atoms with Gasteiger partial charge in [0.2, 0.25) is 0 Å². The zero-order valence-electron chi connectivity index (χ0n) is 6.50. The van der Waals surface area contributed by atoms with Gasteiger partial charge in [0.15, 0.2) is 0 Å². The van der Waals surface area contributed by atoms with E-state index in [-0.39, 0.29) is 0 Å². The molecule has 0 aromatic rings. The summed E-state index contributed by atoms with van der Waals surface area (Å²) in [5, 5.41) is 0. The molecule has 0 spiro atoms. The Hall–Kier alpha value is -1.42. The lowest BCUT2D eigenvalue weighted by Crippen LogP contribution is -1.81. The van der Waals surface area contributed by atoms with Crippen molar-refractivity contribution in [3.05, 3.63) is 35.6 Å². The molecule has 0 aromatic carbocycles. The minimum atomic E-state index is 0.818. The van der Waals surface area contributed by atoms with Gasteiger partial charge in [0.05, 0.1) is 12.9 Å². The molecule has 1 aliphatic rings. The Bertz CT molecular complexity index is 261. The van der Waals surface area contributed by atoms with Crippen LogP contribution in [0.25, 0.3) is 0 Å². The second-order valence-electron chi connectivity index (χ2n) is 2.21. The average Bonchev–Trinajstić information content (AvgIpc) is 2.28. The van der Waals surface area contributed by atoms with Gasteiger partial charge in [0.25, 0.3) is 0 Å². The SMILES string of the molecule is C#CC1=CC=C(OC)CC=C1. The van der Waals surface area contributed by atoms with Crippen LogP contribution < -0.4 is 0 Å². The molecule has 1 heteroatoms. The van der Waals surface area contributed by atoms with Gasteiger partial charge in [0.1, 0.15) is 0 Å². The minimum absolute atomic E-state index is 0.818. The summed E-state index contributed by atoms with van der Waals surface area (Å²) in [4.78, 5) is 0. The van der Waals surface area contributed by atoms with Crippen LogP contribution in [0, 0.1) is 12.3 Å². The van der Waals surface area contributed by atoms with E-state index in [1.807, 2.05) is 24.3 Å². The zero-order chi connectivity index (χ0) is 8.10. The highest BCUT2D eigenvalue weighted by Crippen LogP contribution is 2.10. The van der Waals surface area contributed by atoms with Crippen LogP contribution in [0.3, 0.4) is 0 Å². The lowest BCUT2D eigenvalue weighted by molar-refractivity contribution is 0.285. The Morgan fingerprint density at radius 3 is 3.00 bits per heavy atom. The number of ether oxygens (including phenoxy) is 1. The molecule has 0 N–H and O–H groups in total. The van der Waals surface area contributed by atoms with Crippen LogP contribution in [0.4, 0.5) is 0 Å². The third-order valence-electron chi connectivity index (χ3n) is 1.49. The number of hydrogen-bond acceptors (Lipinski definition) is 1. The first-order valence-corrected chi connectivity index (χ1v) is 3.45. The first kappa shape index (κ1) is 7.68. The van der Waals surface area contributed by atoms with E-state index >= 15 is 0 Å². The fourth-order valence-electron chi connectivity index (χ4n) is 0.856. The third kappa shape index (κ3) is 2.01. The predicted molar refractivity (Wildman–Crippen MR) is 45.8 cm³/mol. The van der Waals surface area contributed by atoms with Crippen LogP contribution >= 0.6 is 0 Å². The average molecular weight is 146 g/mol. The molecule has 1 nitrogen and oxygen atoms in total. The molecule has 0 unspecified atom stereocenters. The summed E-state index contributed by atoms with van der Waals surface area (Å²) in [6.45, 7) is 0. The fraction of sp³-hybridized carbons (Fsp3) is 0.200. The van der Waals surface area contributed by atoms with E-state index in [2.05, 4.69) is 5.92 Å². The Morgan fingerprint density at radius 2 is 2.36 bits per heavy atom. The van der Waals surface area contributed by atoms with Crippen LogP contribution in [0.15, 0.2) is 35.6 Å². The molecule has 0 atom stereocenters. The van der Waals surface area contributed by atoms with Crippen LogP contribution in [0.2, 0.25) is 0 Å². The lowest BCUT2D eigenvalue weighted by Gasteiger charge is -1.98. The molecule has 0 saturated heterocycles. The zero-order valence-corrected chi connectivity index (χ0v) is 6.50. The number of hydrogen-bond donors (Lipinski definition) is 0. The first-order valence-electron chi connectivity index (χ1n) is 3.45. The second kappa shape index (κ2) is 3.68. The van der Waals surface area contributed by atoms with E-state index in [1.165, 1.54) is 0 Å². The molecule has 0 saturated carbocycles. The molecule has 56 valence electrons. The van der Waals surface area contributed by atoms with Crippen molar-refractivity contribution in [2.24, 2.45) is 0 Å². The summed E-state index contributed by atoms with van der Waals surface area (Å²) in [5.74, 6) is 3.50. The number of terminal acetylenes is 1. The van der Waals surface area contributed by atoms with Crippen molar-refractivity contribution in [1.82, 2.24) is 0 Å². The number of rotatable bonds is 1. The minimum Gasteiger partial charge on any atom is -0.501 e. The Morgan fingerprint density at radius 1 is 1.55 bits per heavy atom. The van der Waals surface area contributed by atoms with E-state index in [0.717, 1.165) is 17.8 Å². The summed E-state index contributed by atoms with van der Waals surface area (Å²) < 4.78 is 5.06. The molecule has 0 fully saturated rings. The van der Waals surface area contributed by atoms with Crippen LogP contribution in [0.1, 0.15) is 6.42 Å². The topological polar surface area (TPSA) is 9.23 Å². The second-order valence-corrected chi connectivity index (χ2v) is 2.21. The summed E-state index contributed by atoms with van der Waals surface area (Å²) in [7, 11) is 1.66. The van der Waals surface area contributed by atoms with Crippen molar-refractivity contribution in [1.29, 1.82) is 0 Å². The molecule has 1 rings (SSSR count). The van der Waals surface area contributed by atoms with Gasteiger partial charge < -0.3 is 4.74 Å². The smallest absolute Gasteiger partial charge is 0.0993 e. The normalized spacial score (nSPS) is 16.0. The van der Waals surface area contributed by atoms with Crippen molar-refractivity contribution >= 4 is 0 Å². The first-order chi connectivity index (χ1) is 5.36. The summed E-state index contributed by atoms with van der Waals surface area (Å²) in [6, 6.07) is 0. The molecular weight excluding hydrogens is 136 g/mol. The molecule has 0 aliphatic heterocycles. The highest BCUT2D eigenvalue weighted by molar-refractivity contribution is 5.41. The summed E-state index contributed by atoms with van der Waals surface area (Å²) in [5.41, 5.74) is 0.886. The van der Waals surface area contributed by atoms with Crippen LogP contribution in [0.5, 0.6) is 0 Å².